The van der Waals surface area contributed by atoms with E-state index >= 15 is 0 Å². The summed E-state index contributed by atoms with van der Waals surface area (Å²) in [5, 5.41) is 27.2. The van der Waals surface area contributed by atoms with Crippen LogP contribution in [0.15, 0.2) is 60.7 Å². The molecule has 2 amide bonds. The van der Waals surface area contributed by atoms with Gasteiger partial charge in [0.05, 0.1) is 11.5 Å². The first-order valence-corrected chi connectivity index (χ1v) is 12.7. The van der Waals surface area contributed by atoms with Crippen molar-refractivity contribution in [1.82, 2.24) is 0 Å². The highest BCUT2D eigenvalue weighted by molar-refractivity contribution is 6.10. The summed E-state index contributed by atoms with van der Waals surface area (Å²) in [4.78, 5) is 41.1. The number of nitrogens with one attached hydrogen (secondary N) is 2. The molecule has 4 N–H and O–H groups in total. The zero-order valence-electron chi connectivity index (χ0n) is 22.3. The Hall–Kier alpha value is -3.97. The van der Waals surface area contributed by atoms with Crippen LogP contribution in [0, 0.1) is 39.5 Å². The SMILES string of the molecule is Cc1cccc(NC(=O)C2C(=O)CC(C)(O)C(C(=O)Nc3cccc(C)c3C)C2c2ccc(O)cc2)c1C. The lowest BCUT2D eigenvalue weighted by Crippen LogP contribution is -2.56. The first kappa shape index (κ1) is 27.1. The van der Waals surface area contributed by atoms with Gasteiger partial charge in [-0.1, -0.05) is 36.4 Å². The Morgan fingerprint density at radius 1 is 0.816 bits per heavy atom. The normalized spacial score (nSPS) is 23.1. The third-order valence-corrected chi connectivity index (χ3v) is 7.84. The van der Waals surface area contributed by atoms with Gasteiger partial charge in [0.2, 0.25) is 11.8 Å². The highest BCUT2D eigenvalue weighted by atomic mass is 16.3. The minimum absolute atomic E-state index is 0.00965. The molecule has 3 aromatic rings. The van der Waals surface area contributed by atoms with Crippen molar-refractivity contribution in [1.29, 1.82) is 0 Å². The molecule has 0 bridgehead atoms. The second-order valence-electron chi connectivity index (χ2n) is 10.5. The number of phenolic OH excluding ortho intramolecular Hbond substituents is 1. The van der Waals surface area contributed by atoms with Crippen molar-refractivity contribution < 1.29 is 24.6 Å². The molecule has 4 unspecified atom stereocenters. The number of Topliss-reactive ketones (excluding diaryl/α,β-unsaturated/α-hetero) is 1. The highest BCUT2D eigenvalue weighted by Crippen LogP contribution is 2.47. The third-order valence-electron chi connectivity index (χ3n) is 7.84. The molecule has 1 aliphatic carbocycles. The summed E-state index contributed by atoms with van der Waals surface area (Å²) in [6.07, 6.45) is -0.350. The number of ketones is 1. The molecule has 0 aromatic heterocycles. The molecule has 38 heavy (non-hydrogen) atoms. The standard InChI is InChI=1S/C31H34N2O5/c1-17-8-6-10-23(19(17)3)32-29(36)27-25(35)16-31(5,38)28(26(27)21-12-14-22(34)15-13-21)30(37)33-24-11-7-9-18(2)20(24)4/h6-15,26-28,34,38H,16H2,1-5H3,(H,32,36)(H,33,37). The van der Waals surface area contributed by atoms with Crippen LogP contribution in [0.2, 0.25) is 0 Å². The molecule has 0 radical (unpaired) electrons. The Morgan fingerprint density at radius 2 is 1.32 bits per heavy atom. The van der Waals surface area contributed by atoms with Crippen molar-refractivity contribution in [2.45, 2.75) is 52.6 Å². The summed E-state index contributed by atoms with van der Waals surface area (Å²) in [5.41, 5.74) is 3.72. The number of rotatable bonds is 5. The summed E-state index contributed by atoms with van der Waals surface area (Å²) in [5.74, 6) is -4.79. The number of amides is 2. The Morgan fingerprint density at radius 3 is 1.84 bits per heavy atom. The number of hydrogen-bond acceptors (Lipinski definition) is 5. The minimum Gasteiger partial charge on any atom is -0.508 e. The average Bonchev–Trinajstić information content (AvgIpc) is 2.84. The molecule has 7 heteroatoms. The first-order valence-electron chi connectivity index (χ1n) is 12.7. The van der Waals surface area contributed by atoms with Gasteiger partial charge in [-0.2, -0.15) is 0 Å². The maximum Gasteiger partial charge on any atom is 0.235 e. The predicted octanol–water partition coefficient (Wildman–Crippen LogP) is 4.94. The van der Waals surface area contributed by atoms with Crippen LogP contribution in [0.1, 0.15) is 47.1 Å². The molecule has 198 valence electrons. The lowest BCUT2D eigenvalue weighted by molar-refractivity contribution is -0.150. The lowest BCUT2D eigenvalue weighted by atomic mass is 9.61. The van der Waals surface area contributed by atoms with Crippen LogP contribution in [-0.2, 0) is 14.4 Å². The highest BCUT2D eigenvalue weighted by Gasteiger charge is 2.56. The van der Waals surface area contributed by atoms with E-state index in [1.807, 2.05) is 52.0 Å². The van der Waals surface area contributed by atoms with Crippen molar-refractivity contribution in [2.24, 2.45) is 11.8 Å². The van der Waals surface area contributed by atoms with E-state index in [0.29, 0.717) is 16.9 Å². The number of aryl methyl sites for hydroxylation is 2. The van der Waals surface area contributed by atoms with Gasteiger partial charge in [-0.05, 0) is 86.7 Å². The van der Waals surface area contributed by atoms with E-state index in [9.17, 15) is 24.6 Å². The fourth-order valence-corrected chi connectivity index (χ4v) is 5.38. The fourth-order valence-electron chi connectivity index (χ4n) is 5.38. The van der Waals surface area contributed by atoms with E-state index < -0.39 is 41.0 Å². The van der Waals surface area contributed by atoms with Crippen LogP contribution in [0.5, 0.6) is 5.75 Å². The van der Waals surface area contributed by atoms with Gasteiger partial charge in [-0.15, -0.1) is 0 Å². The van der Waals surface area contributed by atoms with Crippen LogP contribution in [0.3, 0.4) is 0 Å². The molecule has 4 rings (SSSR count). The van der Waals surface area contributed by atoms with Crippen molar-refractivity contribution in [2.75, 3.05) is 10.6 Å². The maximum absolute atomic E-state index is 13.9. The molecule has 0 saturated heterocycles. The molecular formula is C31H34N2O5. The van der Waals surface area contributed by atoms with Gasteiger partial charge in [0.1, 0.15) is 17.5 Å². The Labute approximate surface area is 222 Å². The molecule has 4 atom stereocenters. The predicted molar refractivity (Wildman–Crippen MR) is 147 cm³/mol. The van der Waals surface area contributed by atoms with Gasteiger partial charge in [0.15, 0.2) is 0 Å². The van der Waals surface area contributed by atoms with Crippen LogP contribution >= 0.6 is 0 Å². The summed E-state index contributed by atoms with van der Waals surface area (Å²) >= 11 is 0. The fraction of sp³-hybridized carbons (Fsp3) is 0.323. The molecule has 0 spiro atoms. The van der Waals surface area contributed by atoms with E-state index in [2.05, 4.69) is 10.6 Å². The van der Waals surface area contributed by atoms with Crippen molar-refractivity contribution in [3.8, 4) is 5.75 Å². The number of aromatic hydroxyl groups is 1. The average molecular weight is 515 g/mol. The van der Waals surface area contributed by atoms with Crippen LogP contribution < -0.4 is 10.6 Å². The number of aliphatic hydroxyl groups is 1. The molecule has 1 aliphatic rings. The molecule has 1 saturated carbocycles. The van der Waals surface area contributed by atoms with Crippen LogP contribution in [0.4, 0.5) is 11.4 Å². The number of phenols is 1. The Balaban J connectivity index is 1.79. The second kappa shape index (κ2) is 10.4. The Kier molecular flexibility index (Phi) is 7.42. The molecule has 3 aromatic carbocycles. The van der Waals surface area contributed by atoms with E-state index in [0.717, 1.165) is 22.3 Å². The summed E-state index contributed by atoms with van der Waals surface area (Å²) in [6, 6.07) is 17.1. The molecule has 0 heterocycles. The topological polar surface area (TPSA) is 116 Å². The lowest BCUT2D eigenvalue weighted by Gasteiger charge is -2.44. The number of carbonyl (C=O) groups is 3. The van der Waals surface area contributed by atoms with Gasteiger partial charge in [-0.25, -0.2) is 0 Å². The Bertz CT molecular complexity index is 1390. The number of hydrogen-bond donors (Lipinski definition) is 4. The third kappa shape index (κ3) is 5.20. The van der Waals surface area contributed by atoms with Crippen molar-refractivity contribution in [3.05, 3.63) is 88.5 Å². The van der Waals surface area contributed by atoms with E-state index in [4.69, 9.17) is 0 Å². The van der Waals surface area contributed by atoms with Gasteiger partial charge in [-0.3, -0.25) is 14.4 Å². The van der Waals surface area contributed by atoms with Gasteiger partial charge >= 0.3 is 0 Å². The van der Waals surface area contributed by atoms with Gasteiger partial charge in [0.25, 0.3) is 0 Å². The largest absolute Gasteiger partial charge is 0.508 e. The smallest absolute Gasteiger partial charge is 0.235 e. The number of carbonyl (C=O) groups excluding carboxylic acids is 3. The van der Waals surface area contributed by atoms with Crippen LogP contribution in [0.25, 0.3) is 0 Å². The molecular weight excluding hydrogens is 480 g/mol. The van der Waals surface area contributed by atoms with E-state index in [-0.39, 0.29) is 12.2 Å². The van der Waals surface area contributed by atoms with Gasteiger partial charge < -0.3 is 20.8 Å². The van der Waals surface area contributed by atoms with Gasteiger partial charge in [0, 0.05) is 23.7 Å². The quantitative estimate of drug-likeness (QED) is 0.360. The van der Waals surface area contributed by atoms with Crippen LogP contribution in [-0.4, -0.2) is 33.4 Å². The molecule has 0 aliphatic heterocycles. The van der Waals surface area contributed by atoms with Crippen molar-refractivity contribution in [3.63, 3.8) is 0 Å². The first-order chi connectivity index (χ1) is 17.9. The minimum atomic E-state index is -1.71. The number of benzene rings is 3. The van der Waals surface area contributed by atoms with E-state index in [1.54, 1.807) is 24.3 Å². The zero-order chi connectivity index (χ0) is 27.8. The van der Waals surface area contributed by atoms with E-state index in [1.165, 1.54) is 19.1 Å². The van der Waals surface area contributed by atoms with Crippen molar-refractivity contribution >= 4 is 29.0 Å². The molecule has 7 nitrogen and oxygen atoms in total. The zero-order valence-corrected chi connectivity index (χ0v) is 22.3. The molecule has 1 fully saturated rings. The maximum atomic E-state index is 13.9. The monoisotopic (exact) mass is 514 g/mol. The summed E-state index contributed by atoms with van der Waals surface area (Å²) < 4.78 is 0. The summed E-state index contributed by atoms with van der Waals surface area (Å²) in [6.45, 7) is 9.11. The summed E-state index contributed by atoms with van der Waals surface area (Å²) in [7, 11) is 0. The number of anilines is 2. The second-order valence-corrected chi connectivity index (χ2v) is 10.5.